The van der Waals surface area contributed by atoms with Crippen molar-refractivity contribution >= 4 is 22.4 Å². The van der Waals surface area contributed by atoms with Crippen LogP contribution < -0.4 is 4.90 Å². The van der Waals surface area contributed by atoms with Gasteiger partial charge in [0.2, 0.25) is 0 Å². The van der Waals surface area contributed by atoms with Gasteiger partial charge in [-0.3, -0.25) is 4.79 Å². The summed E-state index contributed by atoms with van der Waals surface area (Å²) in [5.41, 5.74) is 0.822. The molecule has 0 amide bonds. The van der Waals surface area contributed by atoms with Crippen molar-refractivity contribution in [3.05, 3.63) is 10.6 Å². The number of aryl methyl sites for hydroxylation is 1. The number of carboxylic acids is 1. The fourth-order valence-electron chi connectivity index (χ4n) is 3.55. The molecule has 2 saturated heterocycles. The zero-order valence-corrected chi connectivity index (χ0v) is 12.1. The first kappa shape index (κ1) is 12.6. The third-order valence-corrected chi connectivity index (χ3v) is 5.75. The van der Waals surface area contributed by atoms with Crippen LogP contribution in [0.2, 0.25) is 0 Å². The standard InChI is InChI=1S/C14H18N2O3S/c17-13(18)10-2-1-3-11-12(10)15-14(20-11)16-6-8-4-5-9(7-16)19-8/h8-10H,1-7H2,(H,17,18). The van der Waals surface area contributed by atoms with Crippen LogP contribution in [0.3, 0.4) is 0 Å². The lowest BCUT2D eigenvalue weighted by Crippen LogP contribution is -2.42. The number of carbonyl (C=O) groups is 1. The minimum absolute atomic E-state index is 0.338. The SMILES string of the molecule is O=C(O)C1CCCc2sc(N3CC4CCC(C3)O4)nc21. The van der Waals surface area contributed by atoms with Crippen molar-refractivity contribution < 1.29 is 14.6 Å². The van der Waals surface area contributed by atoms with Crippen molar-refractivity contribution in [1.82, 2.24) is 4.98 Å². The first-order valence-electron chi connectivity index (χ1n) is 7.33. The highest BCUT2D eigenvalue weighted by molar-refractivity contribution is 7.15. The maximum atomic E-state index is 11.3. The van der Waals surface area contributed by atoms with Gasteiger partial charge in [0.05, 0.1) is 17.9 Å². The topological polar surface area (TPSA) is 62.7 Å². The molecule has 5 nitrogen and oxygen atoms in total. The Morgan fingerprint density at radius 2 is 2.05 bits per heavy atom. The monoisotopic (exact) mass is 294 g/mol. The first-order valence-corrected chi connectivity index (χ1v) is 8.15. The van der Waals surface area contributed by atoms with Gasteiger partial charge in [0.25, 0.3) is 0 Å². The molecule has 3 heterocycles. The molecule has 0 saturated carbocycles. The first-order chi connectivity index (χ1) is 9.70. The predicted molar refractivity (Wildman–Crippen MR) is 75.5 cm³/mol. The summed E-state index contributed by atoms with van der Waals surface area (Å²) in [5.74, 6) is -1.13. The molecule has 0 radical (unpaired) electrons. The highest BCUT2D eigenvalue weighted by Gasteiger charge is 2.36. The molecule has 3 unspecified atom stereocenters. The van der Waals surface area contributed by atoms with Crippen molar-refractivity contribution in [2.24, 2.45) is 0 Å². The molecule has 2 fully saturated rings. The molecule has 3 aliphatic rings. The van der Waals surface area contributed by atoms with Gasteiger partial charge in [-0.1, -0.05) is 0 Å². The summed E-state index contributed by atoms with van der Waals surface area (Å²) in [7, 11) is 0. The van der Waals surface area contributed by atoms with Gasteiger partial charge in [-0.15, -0.1) is 11.3 Å². The van der Waals surface area contributed by atoms with Crippen LogP contribution in [0.15, 0.2) is 0 Å². The summed E-state index contributed by atoms with van der Waals surface area (Å²) in [5, 5.41) is 10.3. The van der Waals surface area contributed by atoms with Crippen LogP contribution in [0.5, 0.6) is 0 Å². The van der Waals surface area contributed by atoms with Gasteiger partial charge in [0, 0.05) is 18.0 Å². The Kier molecular flexibility index (Phi) is 2.96. The second kappa shape index (κ2) is 4.70. The molecule has 1 aromatic heterocycles. The van der Waals surface area contributed by atoms with E-state index in [0.717, 1.165) is 56.0 Å². The van der Waals surface area contributed by atoms with E-state index in [4.69, 9.17) is 4.74 Å². The minimum Gasteiger partial charge on any atom is -0.481 e. The van der Waals surface area contributed by atoms with Gasteiger partial charge in [0.1, 0.15) is 5.92 Å². The van der Waals surface area contributed by atoms with E-state index in [1.54, 1.807) is 11.3 Å². The summed E-state index contributed by atoms with van der Waals surface area (Å²) in [6.07, 6.45) is 5.62. The Morgan fingerprint density at radius 3 is 2.75 bits per heavy atom. The maximum Gasteiger partial charge on any atom is 0.312 e. The average molecular weight is 294 g/mol. The summed E-state index contributed by atoms with van der Waals surface area (Å²) >= 11 is 1.69. The van der Waals surface area contributed by atoms with Crippen LogP contribution in [0.1, 0.15) is 42.2 Å². The van der Waals surface area contributed by atoms with E-state index < -0.39 is 11.9 Å². The predicted octanol–water partition coefficient (Wildman–Crippen LogP) is 2.02. The molecule has 3 atom stereocenters. The third-order valence-electron chi connectivity index (χ3n) is 4.56. The van der Waals surface area contributed by atoms with Crippen molar-refractivity contribution in [3.63, 3.8) is 0 Å². The van der Waals surface area contributed by atoms with Crippen LogP contribution >= 0.6 is 11.3 Å². The Hall–Kier alpha value is -1.14. The fourth-order valence-corrected chi connectivity index (χ4v) is 4.73. The molecule has 1 aromatic rings. The van der Waals surface area contributed by atoms with Gasteiger partial charge in [-0.05, 0) is 32.1 Å². The molecule has 1 N–H and O–H groups in total. The summed E-state index contributed by atoms with van der Waals surface area (Å²) in [6, 6.07) is 0. The summed E-state index contributed by atoms with van der Waals surface area (Å²) < 4.78 is 5.85. The molecule has 20 heavy (non-hydrogen) atoms. The van der Waals surface area contributed by atoms with E-state index in [1.165, 1.54) is 4.88 Å². The van der Waals surface area contributed by atoms with Gasteiger partial charge in [-0.2, -0.15) is 0 Å². The summed E-state index contributed by atoms with van der Waals surface area (Å²) in [4.78, 5) is 19.5. The second-order valence-electron chi connectivity index (χ2n) is 5.95. The fraction of sp³-hybridized carbons (Fsp3) is 0.714. The number of anilines is 1. The van der Waals surface area contributed by atoms with E-state index in [9.17, 15) is 9.90 Å². The molecule has 108 valence electrons. The van der Waals surface area contributed by atoms with Crippen molar-refractivity contribution in [3.8, 4) is 0 Å². The number of carboxylic acid groups (broad SMARTS) is 1. The minimum atomic E-state index is -0.732. The van der Waals surface area contributed by atoms with E-state index >= 15 is 0 Å². The highest BCUT2D eigenvalue weighted by atomic mass is 32.1. The number of rotatable bonds is 2. The van der Waals surface area contributed by atoms with Crippen LogP contribution in [-0.2, 0) is 16.0 Å². The van der Waals surface area contributed by atoms with Gasteiger partial charge < -0.3 is 14.7 Å². The number of thiazole rings is 1. The van der Waals surface area contributed by atoms with E-state index in [1.807, 2.05) is 0 Å². The highest BCUT2D eigenvalue weighted by Crippen LogP contribution is 2.39. The Labute approximate surface area is 121 Å². The molecule has 0 spiro atoms. The van der Waals surface area contributed by atoms with Crippen LogP contribution in [0, 0.1) is 0 Å². The third kappa shape index (κ3) is 2.02. The van der Waals surface area contributed by atoms with E-state index in [-0.39, 0.29) is 0 Å². The van der Waals surface area contributed by atoms with Crippen molar-refractivity contribution in [2.45, 2.75) is 50.2 Å². The number of nitrogens with zero attached hydrogens (tertiary/aromatic N) is 2. The van der Waals surface area contributed by atoms with Gasteiger partial charge >= 0.3 is 5.97 Å². The Morgan fingerprint density at radius 1 is 1.30 bits per heavy atom. The molecule has 1 aliphatic carbocycles. The van der Waals surface area contributed by atoms with E-state index in [2.05, 4.69) is 9.88 Å². The van der Waals surface area contributed by atoms with Crippen molar-refractivity contribution in [2.75, 3.05) is 18.0 Å². The van der Waals surface area contributed by atoms with Crippen LogP contribution in [0.4, 0.5) is 5.13 Å². The number of morpholine rings is 1. The lowest BCUT2D eigenvalue weighted by molar-refractivity contribution is -0.139. The quantitative estimate of drug-likeness (QED) is 0.904. The van der Waals surface area contributed by atoms with Gasteiger partial charge in [0.15, 0.2) is 5.13 Å². The number of fused-ring (bicyclic) bond motifs is 3. The molecule has 2 aliphatic heterocycles. The average Bonchev–Trinajstić information content (AvgIpc) is 3.01. The number of hydrogen-bond donors (Lipinski definition) is 1. The number of aliphatic carboxylic acids is 1. The molecule has 6 heteroatoms. The Bertz CT molecular complexity index is 533. The molecule has 2 bridgehead atoms. The van der Waals surface area contributed by atoms with E-state index in [0.29, 0.717) is 12.2 Å². The van der Waals surface area contributed by atoms with Crippen LogP contribution in [-0.4, -0.2) is 41.4 Å². The lowest BCUT2D eigenvalue weighted by Gasteiger charge is -2.31. The normalized spacial score (nSPS) is 32.2. The maximum absolute atomic E-state index is 11.3. The molecule has 0 aromatic carbocycles. The van der Waals surface area contributed by atoms with Gasteiger partial charge in [-0.25, -0.2) is 4.98 Å². The zero-order valence-electron chi connectivity index (χ0n) is 11.2. The molecular formula is C14H18N2O3S. The largest absolute Gasteiger partial charge is 0.481 e. The molecular weight excluding hydrogens is 276 g/mol. The summed E-state index contributed by atoms with van der Waals surface area (Å²) in [6.45, 7) is 1.81. The van der Waals surface area contributed by atoms with Crippen molar-refractivity contribution in [1.29, 1.82) is 0 Å². The van der Waals surface area contributed by atoms with Crippen LogP contribution in [0.25, 0.3) is 0 Å². The number of hydrogen-bond acceptors (Lipinski definition) is 5. The number of aromatic nitrogens is 1. The zero-order chi connectivity index (χ0) is 13.7. The smallest absolute Gasteiger partial charge is 0.312 e. The number of ether oxygens (including phenoxy) is 1. The molecule has 4 rings (SSSR count). The lowest BCUT2D eigenvalue weighted by atomic mass is 9.91. The Balaban J connectivity index is 1.62. The second-order valence-corrected chi connectivity index (χ2v) is 7.01.